The first-order chi connectivity index (χ1) is 11.8. The fourth-order valence-corrected chi connectivity index (χ4v) is 4.45. The predicted molar refractivity (Wildman–Crippen MR) is 89.0 cm³/mol. The number of rotatable bonds is 0. The molecule has 0 spiro atoms. The standard InChI is InChI=1S/C17H17ClF3N3O/c1-23-5-2-3-9-14(23)4-6-24-15(9)22-13-8-12(18)11(17(19,20)21)7-10(13)16(24)25/h7-9,14H,2-6H2,1H3/t9-,14-/m1/s1. The summed E-state index contributed by atoms with van der Waals surface area (Å²) in [6.45, 7) is 1.49. The van der Waals surface area contributed by atoms with E-state index in [1.54, 1.807) is 4.57 Å². The summed E-state index contributed by atoms with van der Waals surface area (Å²) in [6.07, 6.45) is -1.85. The van der Waals surface area contributed by atoms with Gasteiger partial charge in [-0.3, -0.25) is 9.36 Å². The Morgan fingerprint density at radius 1 is 1.24 bits per heavy atom. The summed E-state index contributed by atoms with van der Waals surface area (Å²) in [6, 6.07) is 2.32. The zero-order valence-electron chi connectivity index (χ0n) is 13.6. The molecule has 0 amide bonds. The first-order valence-electron chi connectivity index (χ1n) is 8.29. The van der Waals surface area contributed by atoms with Crippen LogP contribution in [0.15, 0.2) is 16.9 Å². The number of halogens is 4. The van der Waals surface area contributed by atoms with E-state index < -0.39 is 22.3 Å². The number of hydrogen-bond donors (Lipinski definition) is 0. The highest BCUT2D eigenvalue weighted by Crippen LogP contribution is 2.39. The van der Waals surface area contributed by atoms with Crippen molar-refractivity contribution in [1.29, 1.82) is 0 Å². The van der Waals surface area contributed by atoms with Gasteiger partial charge in [-0.1, -0.05) is 11.6 Å². The molecule has 4 rings (SSSR count). The van der Waals surface area contributed by atoms with Crippen molar-refractivity contribution in [1.82, 2.24) is 14.5 Å². The van der Waals surface area contributed by atoms with E-state index in [0.717, 1.165) is 37.9 Å². The summed E-state index contributed by atoms with van der Waals surface area (Å²) < 4.78 is 40.8. The van der Waals surface area contributed by atoms with E-state index in [1.165, 1.54) is 0 Å². The predicted octanol–water partition coefficient (Wildman–Crippen LogP) is 3.65. The lowest BCUT2D eigenvalue weighted by atomic mass is 9.84. The summed E-state index contributed by atoms with van der Waals surface area (Å²) in [4.78, 5) is 19.7. The zero-order valence-corrected chi connectivity index (χ0v) is 14.4. The van der Waals surface area contributed by atoms with Crippen molar-refractivity contribution in [2.75, 3.05) is 13.6 Å². The van der Waals surface area contributed by atoms with Gasteiger partial charge in [0.05, 0.1) is 21.5 Å². The summed E-state index contributed by atoms with van der Waals surface area (Å²) in [5.74, 6) is 0.807. The summed E-state index contributed by atoms with van der Waals surface area (Å²) >= 11 is 5.81. The third kappa shape index (κ3) is 2.64. The molecule has 0 unspecified atom stereocenters. The van der Waals surface area contributed by atoms with Crippen LogP contribution < -0.4 is 5.56 Å². The molecule has 2 aliphatic heterocycles. The number of likely N-dealkylation sites (tertiary alicyclic amines) is 1. The number of piperidine rings is 1. The quantitative estimate of drug-likeness (QED) is 0.709. The lowest BCUT2D eigenvalue weighted by Gasteiger charge is -2.42. The Labute approximate surface area is 147 Å². The van der Waals surface area contributed by atoms with Gasteiger partial charge in [-0.25, -0.2) is 4.98 Å². The molecule has 2 atom stereocenters. The third-order valence-electron chi connectivity index (χ3n) is 5.41. The van der Waals surface area contributed by atoms with Crippen molar-refractivity contribution in [3.8, 4) is 0 Å². The normalized spacial score (nSPS) is 24.2. The van der Waals surface area contributed by atoms with Crippen LogP contribution in [-0.2, 0) is 12.7 Å². The molecule has 1 saturated heterocycles. The minimum absolute atomic E-state index is 0.0249. The lowest BCUT2D eigenvalue weighted by Crippen LogP contribution is -2.47. The Morgan fingerprint density at radius 3 is 2.72 bits per heavy atom. The highest BCUT2D eigenvalue weighted by molar-refractivity contribution is 6.32. The molecule has 1 aromatic heterocycles. The van der Waals surface area contributed by atoms with Gasteiger partial charge in [-0.05, 0) is 45.0 Å². The molecule has 1 aromatic carbocycles. The van der Waals surface area contributed by atoms with Crippen LogP contribution in [-0.4, -0.2) is 34.1 Å². The zero-order chi connectivity index (χ0) is 17.9. The second-order valence-electron chi connectivity index (χ2n) is 6.86. The second kappa shape index (κ2) is 5.71. The molecule has 1 fully saturated rings. The number of hydrogen-bond acceptors (Lipinski definition) is 3. The number of nitrogens with zero attached hydrogens (tertiary/aromatic N) is 3. The van der Waals surface area contributed by atoms with Crippen LogP contribution in [0.25, 0.3) is 10.9 Å². The largest absolute Gasteiger partial charge is 0.417 e. The summed E-state index contributed by atoms with van der Waals surface area (Å²) in [7, 11) is 2.07. The minimum atomic E-state index is -4.60. The Morgan fingerprint density at radius 2 is 2.00 bits per heavy atom. The van der Waals surface area contributed by atoms with Crippen LogP contribution in [0.4, 0.5) is 13.2 Å². The van der Waals surface area contributed by atoms with Gasteiger partial charge in [0.2, 0.25) is 0 Å². The number of likely N-dealkylation sites (N-methyl/N-ethyl adjacent to an activating group) is 1. The Hall–Kier alpha value is -1.60. The van der Waals surface area contributed by atoms with Gasteiger partial charge in [0.25, 0.3) is 5.56 Å². The molecule has 0 aliphatic carbocycles. The molecule has 0 saturated carbocycles. The highest BCUT2D eigenvalue weighted by atomic mass is 35.5. The van der Waals surface area contributed by atoms with Crippen LogP contribution in [0.2, 0.25) is 5.02 Å². The van der Waals surface area contributed by atoms with Crippen molar-refractivity contribution in [2.45, 2.75) is 43.9 Å². The van der Waals surface area contributed by atoms with Crippen LogP contribution in [0.5, 0.6) is 0 Å². The molecule has 8 heteroatoms. The smallest absolute Gasteiger partial charge is 0.303 e. The van der Waals surface area contributed by atoms with Crippen LogP contribution in [0, 0.1) is 0 Å². The highest BCUT2D eigenvalue weighted by Gasteiger charge is 2.38. The monoisotopic (exact) mass is 371 g/mol. The minimum Gasteiger partial charge on any atom is -0.303 e. The number of benzene rings is 1. The third-order valence-corrected chi connectivity index (χ3v) is 5.73. The van der Waals surface area contributed by atoms with Crippen LogP contribution in [0.1, 0.15) is 36.6 Å². The first-order valence-corrected chi connectivity index (χ1v) is 8.66. The van der Waals surface area contributed by atoms with E-state index >= 15 is 0 Å². The number of aromatic nitrogens is 2. The Balaban J connectivity index is 1.93. The maximum Gasteiger partial charge on any atom is 0.417 e. The van der Waals surface area contributed by atoms with Gasteiger partial charge in [-0.2, -0.15) is 13.2 Å². The molecule has 4 nitrogen and oxygen atoms in total. The van der Waals surface area contributed by atoms with Crippen LogP contribution in [0.3, 0.4) is 0 Å². The SMILES string of the molecule is CN1CCC[C@H]2c3nc4cc(Cl)c(C(F)(F)F)cc4c(=O)n3CC[C@H]21. The fraction of sp³-hybridized carbons (Fsp3) is 0.529. The van der Waals surface area contributed by atoms with Crippen molar-refractivity contribution in [2.24, 2.45) is 0 Å². The molecule has 25 heavy (non-hydrogen) atoms. The van der Waals surface area contributed by atoms with Gasteiger partial charge in [-0.15, -0.1) is 0 Å². The van der Waals surface area contributed by atoms with E-state index in [2.05, 4.69) is 16.9 Å². The molecule has 2 aliphatic rings. The molecular weight excluding hydrogens is 355 g/mol. The van der Waals surface area contributed by atoms with Gasteiger partial charge >= 0.3 is 6.18 Å². The van der Waals surface area contributed by atoms with E-state index in [0.29, 0.717) is 18.4 Å². The van der Waals surface area contributed by atoms with E-state index in [1.807, 2.05) is 0 Å². The maximum atomic E-state index is 13.1. The van der Waals surface area contributed by atoms with Crippen molar-refractivity contribution in [3.63, 3.8) is 0 Å². The number of alkyl halides is 3. The van der Waals surface area contributed by atoms with Crippen LogP contribution >= 0.6 is 11.6 Å². The first kappa shape index (κ1) is 16.8. The molecular formula is C17H17ClF3N3O. The second-order valence-corrected chi connectivity index (χ2v) is 7.27. The summed E-state index contributed by atoms with van der Waals surface area (Å²) in [5.41, 5.74) is -1.16. The Bertz CT molecular complexity index is 909. The molecule has 0 bridgehead atoms. The van der Waals surface area contributed by atoms with Gasteiger partial charge < -0.3 is 4.90 Å². The fourth-order valence-electron chi connectivity index (χ4n) is 4.19. The average Bonchev–Trinajstić information content (AvgIpc) is 2.53. The molecule has 2 aromatic rings. The van der Waals surface area contributed by atoms with Crippen molar-refractivity contribution < 1.29 is 13.2 Å². The molecule has 134 valence electrons. The average molecular weight is 372 g/mol. The van der Waals surface area contributed by atoms with E-state index in [4.69, 9.17) is 11.6 Å². The Kier molecular flexibility index (Phi) is 3.85. The molecule has 0 N–H and O–H groups in total. The van der Waals surface area contributed by atoms with Gasteiger partial charge in [0, 0.05) is 18.5 Å². The molecule has 3 heterocycles. The van der Waals surface area contributed by atoms with E-state index in [9.17, 15) is 18.0 Å². The lowest BCUT2D eigenvalue weighted by molar-refractivity contribution is -0.137. The van der Waals surface area contributed by atoms with Crippen molar-refractivity contribution in [3.05, 3.63) is 38.9 Å². The van der Waals surface area contributed by atoms with E-state index in [-0.39, 0.29) is 16.8 Å². The van der Waals surface area contributed by atoms with Gasteiger partial charge in [0.15, 0.2) is 0 Å². The topological polar surface area (TPSA) is 38.1 Å². The van der Waals surface area contributed by atoms with Crippen molar-refractivity contribution >= 4 is 22.5 Å². The summed E-state index contributed by atoms with van der Waals surface area (Å²) in [5, 5.41) is -0.451. The maximum absolute atomic E-state index is 13.1. The van der Waals surface area contributed by atoms with Gasteiger partial charge in [0.1, 0.15) is 5.82 Å². The number of fused-ring (bicyclic) bond motifs is 4. The molecule has 0 radical (unpaired) electrons.